The maximum absolute atomic E-state index is 10.8. The predicted molar refractivity (Wildman–Crippen MR) is 62.1 cm³/mol. The molecule has 0 aromatic heterocycles. The first-order valence-corrected chi connectivity index (χ1v) is 4.71. The van der Waals surface area contributed by atoms with Crippen LogP contribution < -0.4 is 10.5 Å². The van der Waals surface area contributed by atoms with Gasteiger partial charge in [-0.25, -0.2) is 0 Å². The minimum atomic E-state index is -0.206. The van der Waals surface area contributed by atoms with Gasteiger partial charge in [0.2, 0.25) is 0 Å². The normalized spacial score (nSPS) is 11.1. The van der Waals surface area contributed by atoms with Crippen molar-refractivity contribution >= 4 is 17.2 Å². The first kappa shape index (κ1) is 12.2. The largest absolute Gasteiger partial charge is 0.733 e. The van der Waals surface area contributed by atoms with Crippen LogP contribution in [0.3, 0.4) is 0 Å². The highest BCUT2D eigenvalue weighted by atomic mass is 16.8. The Balaban J connectivity index is 2.72. The van der Waals surface area contributed by atoms with Gasteiger partial charge in [0.15, 0.2) is 5.78 Å². The van der Waals surface area contributed by atoms with Crippen LogP contribution in [-0.2, 0) is 4.79 Å². The van der Waals surface area contributed by atoms with Crippen molar-refractivity contribution in [1.82, 2.24) is 0 Å². The molecule has 0 aliphatic rings. The topological polar surface area (TPSA) is 75.6 Å². The highest BCUT2D eigenvalue weighted by molar-refractivity contribution is 5.88. The standard InChI is InChI=1S/C11H13N2O3/c1-8(7-9(2)14)12-10-3-5-11(6-4-10)13(15)16/h3-7,12,15H,1-2H3/q-1. The Hall–Kier alpha value is -1.85. The molecule has 1 aromatic rings. The Morgan fingerprint density at radius 3 is 2.38 bits per heavy atom. The Kier molecular flexibility index (Phi) is 4.04. The quantitative estimate of drug-likeness (QED) is 0.602. The highest BCUT2D eigenvalue weighted by Crippen LogP contribution is 2.17. The molecule has 0 saturated heterocycles. The van der Waals surface area contributed by atoms with E-state index >= 15 is 0 Å². The van der Waals surface area contributed by atoms with Gasteiger partial charge in [0.05, 0.1) is 5.69 Å². The summed E-state index contributed by atoms with van der Waals surface area (Å²) in [7, 11) is 0. The summed E-state index contributed by atoms with van der Waals surface area (Å²) < 4.78 is 0. The zero-order chi connectivity index (χ0) is 12.1. The van der Waals surface area contributed by atoms with Gasteiger partial charge in [0.25, 0.3) is 0 Å². The number of anilines is 2. The van der Waals surface area contributed by atoms with Gasteiger partial charge in [-0.3, -0.25) is 10.0 Å². The zero-order valence-corrected chi connectivity index (χ0v) is 9.10. The Morgan fingerprint density at radius 2 is 1.94 bits per heavy atom. The van der Waals surface area contributed by atoms with Gasteiger partial charge < -0.3 is 15.8 Å². The Morgan fingerprint density at radius 1 is 1.38 bits per heavy atom. The van der Waals surface area contributed by atoms with E-state index in [1.165, 1.54) is 25.1 Å². The molecule has 1 aromatic carbocycles. The Labute approximate surface area is 93.5 Å². The molecule has 0 saturated carbocycles. The van der Waals surface area contributed by atoms with E-state index in [2.05, 4.69) is 5.32 Å². The first-order valence-electron chi connectivity index (χ1n) is 4.71. The summed E-state index contributed by atoms with van der Waals surface area (Å²) >= 11 is 0. The van der Waals surface area contributed by atoms with Crippen LogP contribution in [-0.4, -0.2) is 11.0 Å². The van der Waals surface area contributed by atoms with Gasteiger partial charge in [-0.2, -0.15) is 0 Å². The van der Waals surface area contributed by atoms with E-state index in [1.54, 1.807) is 19.1 Å². The summed E-state index contributed by atoms with van der Waals surface area (Å²) in [4.78, 5) is 10.8. The summed E-state index contributed by atoms with van der Waals surface area (Å²) in [6, 6.07) is 6.20. The molecule has 5 nitrogen and oxygen atoms in total. The molecule has 0 atom stereocenters. The van der Waals surface area contributed by atoms with Crippen molar-refractivity contribution in [2.45, 2.75) is 13.8 Å². The van der Waals surface area contributed by atoms with Crippen molar-refractivity contribution in [3.63, 3.8) is 0 Å². The average molecular weight is 221 g/mol. The molecule has 0 spiro atoms. The average Bonchev–Trinajstić information content (AvgIpc) is 2.16. The second kappa shape index (κ2) is 5.29. The van der Waals surface area contributed by atoms with E-state index in [0.717, 1.165) is 5.69 Å². The summed E-state index contributed by atoms with van der Waals surface area (Å²) in [5, 5.41) is 21.9. The lowest BCUT2D eigenvalue weighted by atomic mass is 10.2. The third kappa shape index (κ3) is 3.72. The highest BCUT2D eigenvalue weighted by Gasteiger charge is 1.96. The zero-order valence-electron chi connectivity index (χ0n) is 9.10. The van der Waals surface area contributed by atoms with Crippen LogP contribution in [0.2, 0.25) is 0 Å². The minimum Gasteiger partial charge on any atom is -0.733 e. The smallest absolute Gasteiger partial charge is 0.154 e. The molecule has 0 aliphatic heterocycles. The lowest BCUT2D eigenvalue weighted by Crippen LogP contribution is -2.06. The third-order valence-electron chi connectivity index (χ3n) is 1.85. The molecule has 0 heterocycles. The van der Waals surface area contributed by atoms with Crippen molar-refractivity contribution in [2.75, 3.05) is 10.5 Å². The maximum Gasteiger partial charge on any atom is 0.154 e. The fraction of sp³-hybridized carbons (Fsp3) is 0.182. The van der Waals surface area contributed by atoms with E-state index in [-0.39, 0.29) is 16.7 Å². The van der Waals surface area contributed by atoms with Crippen molar-refractivity contribution in [2.24, 2.45) is 0 Å². The van der Waals surface area contributed by atoms with Crippen LogP contribution in [0, 0.1) is 5.21 Å². The van der Waals surface area contributed by atoms with E-state index in [1.807, 2.05) is 0 Å². The summed E-state index contributed by atoms with van der Waals surface area (Å²) in [5.74, 6) is -0.0392. The van der Waals surface area contributed by atoms with Crippen LogP contribution in [0.25, 0.3) is 0 Å². The third-order valence-corrected chi connectivity index (χ3v) is 1.85. The second-order valence-electron chi connectivity index (χ2n) is 3.38. The van der Waals surface area contributed by atoms with Crippen LogP contribution in [0.1, 0.15) is 13.8 Å². The summed E-state index contributed by atoms with van der Waals surface area (Å²) in [6.45, 7) is 3.23. The number of carbonyl (C=O) groups excluding carboxylic acids is 1. The van der Waals surface area contributed by atoms with Crippen molar-refractivity contribution in [3.05, 3.63) is 41.2 Å². The number of benzene rings is 1. The fourth-order valence-corrected chi connectivity index (χ4v) is 1.24. The molecule has 86 valence electrons. The van der Waals surface area contributed by atoms with Crippen molar-refractivity contribution in [3.8, 4) is 0 Å². The minimum absolute atomic E-state index is 0.0392. The molecule has 2 N–H and O–H groups in total. The molecule has 0 bridgehead atoms. The molecular weight excluding hydrogens is 208 g/mol. The number of rotatable bonds is 4. The fourth-order valence-electron chi connectivity index (χ4n) is 1.24. The number of nitrogens with zero attached hydrogens (tertiary/aromatic N) is 1. The molecule has 0 unspecified atom stereocenters. The van der Waals surface area contributed by atoms with Gasteiger partial charge in [0, 0.05) is 11.4 Å². The lowest BCUT2D eigenvalue weighted by molar-refractivity contribution is -0.112. The van der Waals surface area contributed by atoms with Crippen molar-refractivity contribution in [1.29, 1.82) is 0 Å². The summed E-state index contributed by atoms with van der Waals surface area (Å²) in [5.41, 5.74) is 1.60. The van der Waals surface area contributed by atoms with Gasteiger partial charge in [-0.05, 0) is 44.2 Å². The molecule has 5 heteroatoms. The van der Waals surface area contributed by atoms with E-state index in [9.17, 15) is 10.0 Å². The van der Waals surface area contributed by atoms with Gasteiger partial charge >= 0.3 is 0 Å². The number of allylic oxidation sites excluding steroid dienone is 2. The molecular formula is C11H13N2O3-. The predicted octanol–water partition coefficient (Wildman–Crippen LogP) is 2.28. The van der Waals surface area contributed by atoms with Crippen LogP contribution in [0.15, 0.2) is 36.0 Å². The molecule has 0 fully saturated rings. The molecule has 0 aliphatic carbocycles. The lowest BCUT2D eigenvalue weighted by Gasteiger charge is -2.21. The SMILES string of the molecule is CC(=O)C=C(C)Nc1ccc(N([O-])O)cc1. The number of ketones is 1. The number of nitrogens with one attached hydrogen (secondary N) is 1. The van der Waals surface area contributed by atoms with E-state index < -0.39 is 0 Å². The van der Waals surface area contributed by atoms with E-state index in [0.29, 0.717) is 5.70 Å². The molecule has 16 heavy (non-hydrogen) atoms. The monoisotopic (exact) mass is 221 g/mol. The maximum atomic E-state index is 10.8. The van der Waals surface area contributed by atoms with Crippen molar-refractivity contribution < 1.29 is 10.0 Å². The summed E-state index contributed by atoms with van der Waals surface area (Å²) in [6.07, 6.45) is 1.47. The van der Waals surface area contributed by atoms with Gasteiger partial charge in [-0.1, -0.05) is 0 Å². The number of carbonyl (C=O) groups is 1. The van der Waals surface area contributed by atoms with Gasteiger partial charge in [0.1, 0.15) is 0 Å². The van der Waals surface area contributed by atoms with Crippen LogP contribution in [0.5, 0.6) is 0 Å². The van der Waals surface area contributed by atoms with E-state index in [4.69, 9.17) is 5.21 Å². The molecule has 1 rings (SSSR count). The van der Waals surface area contributed by atoms with Gasteiger partial charge in [-0.15, -0.1) is 0 Å². The second-order valence-corrected chi connectivity index (χ2v) is 3.38. The van der Waals surface area contributed by atoms with Crippen LogP contribution in [0.4, 0.5) is 11.4 Å². The molecule has 0 radical (unpaired) electrons. The first-order chi connectivity index (χ1) is 7.49. The number of hydrogen-bond donors (Lipinski definition) is 2. The number of hydrogen-bond acceptors (Lipinski definition) is 5. The Bertz CT molecular complexity index is 396. The van der Waals surface area contributed by atoms with Crippen LogP contribution >= 0.6 is 0 Å². The molecule has 0 amide bonds.